The number of nitriles is 1. The zero-order chi connectivity index (χ0) is 18.8. The third-order valence-corrected chi connectivity index (χ3v) is 5.91. The molecule has 0 saturated heterocycles. The number of nitrogens with zero attached hydrogens (tertiary/aromatic N) is 2. The van der Waals surface area contributed by atoms with Crippen LogP contribution in [0.4, 0.5) is 4.39 Å². The summed E-state index contributed by atoms with van der Waals surface area (Å²) in [5.41, 5.74) is 7.24. The molecule has 3 rings (SSSR count). The van der Waals surface area contributed by atoms with E-state index in [-0.39, 0.29) is 10.6 Å². The third-order valence-electron chi connectivity index (χ3n) is 4.28. The molecule has 0 unspecified atom stereocenters. The molecule has 2 aromatic carbocycles. The molecule has 0 amide bonds. The molecular formula is C18H13ClFN3O2S. The molecule has 2 N–H and O–H groups in total. The Morgan fingerprint density at radius 1 is 1.23 bits per heavy atom. The molecule has 0 aromatic heterocycles. The molecule has 1 aliphatic heterocycles. The number of hydrogen-bond acceptors (Lipinski definition) is 5. The lowest BCUT2D eigenvalue weighted by atomic mass is 9.82. The molecule has 0 bridgehead atoms. The Morgan fingerprint density at radius 3 is 2.46 bits per heavy atom. The largest absolute Gasteiger partial charge is 0.393 e. The fourth-order valence-corrected chi connectivity index (χ4v) is 4.63. The minimum atomic E-state index is -1.17. The summed E-state index contributed by atoms with van der Waals surface area (Å²) in [6.45, 7) is 0. The standard InChI is InChI=1S/C18H13ClFN3O2S/c19-14-4-2-1-3-12(14)15-13(9-21)18(22)26-17(16(15)23(24)25)10-5-7-11(20)8-6-10/h1-8,15-17H,22H2/t15-,16-,17-/m1/s1. The van der Waals surface area contributed by atoms with Crippen LogP contribution in [0.15, 0.2) is 59.1 Å². The van der Waals surface area contributed by atoms with Gasteiger partial charge in [0.25, 0.3) is 0 Å². The molecule has 2 aromatic rings. The topological polar surface area (TPSA) is 93.0 Å². The number of halogens is 2. The Hall–Kier alpha value is -2.56. The van der Waals surface area contributed by atoms with Gasteiger partial charge in [-0.05, 0) is 29.3 Å². The molecule has 8 heteroatoms. The second-order valence-corrected chi connectivity index (χ2v) is 7.35. The van der Waals surface area contributed by atoms with E-state index in [1.54, 1.807) is 24.3 Å². The highest BCUT2D eigenvalue weighted by atomic mass is 35.5. The van der Waals surface area contributed by atoms with Crippen LogP contribution in [0.5, 0.6) is 0 Å². The summed E-state index contributed by atoms with van der Waals surface area (Å²) in [5.74, 6) is -1.32. The quantitative estimate of drug-likeness (QED) is 0.620. The molecule has 26 heavy (non-hydrogen) atoms. The van der Waals surface area contributed by atoms with Crippen molar-refractivity contribution in [3.8, 4) is 6.07 Å². The number of thioether (sulfide) groups is 1. The molecule has 132 valence electrons. The van der Waals surface area contributed by atoms with Crippen molar-refractivity contribution in [3.63, 3.8) is 0 Å². The van der Waals surface area contributed by atoms with Crippen LogP contribution in [-0.2, 0) is 0 Å². The predicted octanol–water partition coefficient (Wildman–Crippen LogP) is 4.39. The van der Waals surface area contributed by atoms with Gasteiger partial charge in [-0.3, -0.25) is 10.1 Å². The Labute approximate surface area is 158 Å². The van der Waals surface area contributed by atoms with E-state index in [4.69, 9.17) is 17.3 Å². The van der Waals surface area contributed by atoms with Gasteiger partial charge in [0, 0.05) is 9.95 Å². The zero-order valence-electron chi connectivity index (χ0n) is 13.3. The van der Waals surface area contributed by atoms with Crippen LogP contribution >= 0.6 is 23.4 Å². The Balaban J connectivity index is 2.20. The molecule has 5 nitrogen and oxygen atoms in total. The summed E-state index contributed by atoms with van der Waals surface area (Å²) in [5, 5.41) is 21.4. The van der Waals surface area contributed by atoms with Crippen molar-refractivity contribution in [2.45, 2.75) is 17.2 Å². The van der Waals surface area contributed by atoms with Crippen molar-refractivity contribution in [2.75, 3.05) is 0 Å². The van der Waals surface area contributed by atoms with Crippen LogP contribution in [0, 0.1) is 27.3 Å². The number of benzene rings is 2. The lowest BCUT2D eigenvalue weighted by Crippen LogP contribution is -2.37. The van der Waals surface area contributed by atoms with Gasteiger partial charge in [-0.15, -0.1) is 0 Å². The average molecular weight is 390 g/mol. The monoisotopic (exact) mass is 389 g/mol. The van der Waals surface area contributed by atoms with Gasteiger partial charge in [0.2, 0.25) is 6.04 Å². The van der Waals surface area contributed by atoms with Crippen LogP contribution in [-0.4, -0.2) is 11.0 Å². The van der Waals surface area contributed by atoms with E-state index in [1.807, 2.05) is 6.07 Å². The first-order chi connectivity index (χ1) is 12.4. The molecule has 0 fully saturated rings. The number of hydrogen-bond donors (Lipinski definition) is 1. The minimum Gasteiger partial charge on any atom is -0.393 e. The SMILES string of the molecule is N#CC1=C(N)S[C@H](c2ccc(F)cc2)[C@H]([N+](=O)[O-])[C@@H]1c1ccccc1Cl. The molecule has 0 saturated carbocycles. The Bertz CT molecular complexity index is 927. The number of rotatable bonds is 3. The van der Waals surface area contributed by atoms with E-state index in [1.165, 1.54) is 24.3 Å². The lowest BCUT2D eigenvalue weighted by molar-refractivity contribution is -0.525. The van der Waals surface area contributed by atoms with Gasteiger partial charge in [-0.1, -0.05) is 53.7 Å². The normalized spacial score (nSPS) is 22.7. The molecule has 0 aliphatic carbocycles. The van der Waals surface area contributed by atoms with E-state index in [9.17, 15) is 19.8 Å². The van der Waals surface area contributed by atoms with Crippen molar-refractivity contribution < 1.29 is 9.31 Å². The highest BCUT2D eigenvalue weighted by Crippen LogP contribution is 2.51. The maximum atomic E-state index is 13.3. The van der Waals surface area contributed by atoms with Gasteiger partial charge in [0.05, 0.1) is 22.6 Å². The fraction of sp³-hybridized carbons (Fsp3) is 0.167. The average Bonchev–Trinajstić information content (AvgIpc) is 2.61. The molecule has 0 spiro atoms. The number of nitro groups is 1. The van der Waals surface area contributed by atoms with Gasteiger partial charge < -0.3 is 5.73 Å². The number of nitrogens with two attached hydrogens (primary N) is 1. The summed E-state index contributed by atoms with van der Waals surface area (Å²) in [6.07, 6.45) is 0. The van der Waals surface area contributed by atoms with Gasteiger partial charge in [-0.25, -0.2) is 4.39 Å². The van der Waals surface area contributed by atoms with Gasteiger partial charge in [0.1, 0.15) is 11.1 Å². The maximum Gasteiger partial charge on any atom is 0.240 e. The van der Waals surface area contributed by atoms with Gasteiger partial charge >= 0.3 is 0 Å². The molecular weight excluding hydrogens is 377 g/mol. The van der Waals surface area contributed by atoms with Crippen LogP contribution in [0.3, 0.4) is 0 Å². The first kappa shape index (κ1) is 18.2. The smallest absolute Gasteiger partial charge is 0.240 e. The zero-order valence-corrected chi connectivity index (χ0v) is 14.9. The molecule has 1 aliphatic rings. The second-order valence-electron chi connectivity index (χ2n) is 5.75. The van der Waals surface area contributed by atoms with Crippen molar-refractivity contribution in [1.29, 1.82) is 5.26 Å². The summed E-state index contributed by atoms with van der Waals surface area (Å²) in [6, 6.07) is 13.0. The summed E-state index contributed by atoms with van der Waals surface area (Å²) in [4.78, 5) is 11.6. The Morgan fingerprint density at radius 2 is 1.88 bits per heavy atom. The van der Waals surface area contributed by atoms with E-state index in [0.29, 0.717) is 16.1 Å². The maximum absolute atomic E-state index is 13.3. The summed E-state index contributed by atoms with van der Waals surface area (Å²) >= 11 is 7.31. The predicted molar refractivity (Wildman–Crippen MR) is 98.5 cm³/mol. The second kappa shape index (κ2) is 7.36. The highest BCUT2D eigenvalue weighted by molar-refractivity contribution is 8.03. The van der Waals surface area contributed by atoms with Crippen molar-refractivity contribution in [2.24, 2.45) is 5.73 Å². The summed E-state index contributed by atoms with van der Waals surface area (Å²) in [7, 11) is 0. The summed E-state index contributed by atoms with van der Waals surface area (Å²) < 4.78 is 13.3. The van der Waals surface area contributed by atoms with Crippen LogP contribution < -0.4 is 5.73 Å². The molecule has 3 atom stereocenters. The van der Waals surface area contributed by atoms with E-state index in [2.05, 4.69) is 0 Å². The lowest BCUT2D eigenvalue weighted by Gasteiger charge is -2.32. The van der Waals surface area contributed by atoms with Crippen LogP contribution in [0.1, 0.15) is 22.3 Å². The van der Waals surface area contributed by atoms with E-state index in [0.717, 1.165) is 11.8 Å². The highest BCUT2D eigenvalue weighted by Gasteiger charge is 2.48. The van der Waals surface area contributed by atoms with Crippen molar-refractivity contribution >= 4 is 23.4 Å². The molecule has 1 heterocycles. The van der Waals surface area contributed by atoms with Crippen LogP contribution in [0.2, 0.25) is 5.02 Å². The van der Waals surface area contributed by atoms with Gasteiger partial charge in [-0.2, -0.15) is 5.26 Å². The first-order valence-electron chi connectivity index (χ1n) is 7.63. The fourth-order valence-electron chi connectivity index (χ4n) is 3.11. The van der Waals surface area contributed by atoms with E-state index >= 15 is 0 Å². The first-order valence-corrected chi connectivity index (χ1v) is 8.89. The van der Waals surface area contributed by atoms with Crippen molar-refractivity contribution in [3.05, 3.63) is 91.2 Å². The Kier molecular flexibility index (Phi) is 5.16. The minimum absolute atomic E-state index is 0.128. The van der Waals surface area contributed by atoms with E-state index < -0.39 is 28.0 Å². The van der Waals surface area contributed by atoms with Crippen LogP contribution in [0.25, 0.3) is 0 Å². The van der Waals surface area contributed by atoms with Gasteiger partial charge in [0.15, 0.2) is 0 Å². The third kappa shape index (κ3) is 3.26. The molecule has 0 radical (unpaired) electrons. The van der Waals surface area contributed by atoms with Crippen molar-refractivity contribution in [1.82, 2.24) is 0 Å².